The Kier molecular flexibility index (Phi) is 6.27. The standard InChI is InChI=1S/C31H32F2N4O2/c1-18-29(36(4)17-35-18)20-14-26-28(34-16-20)22-9-8-21(31(2,3)38)15-25(22)37(26)30(19-10-12-39-13-11-19)27-23(32)6-5-7-24(27)33/h5-9,14-17,19,30,38H,10-13H2,1-4H3. The minimum Gasteiger partial charge on any atom is -0.386 e. The van der Waals surface area contributed by atoms with Gasteiger partial charge in [-0.2, -0.15) is 0 Å². The highest BCUT2D eigenvalue weighted by atomic mass is 19.1. The molecule has 0 radical (unpaired) electrons. The maximum absolute atomic E-state index is 15.6. The predicted molar refractivity (Wildman–Crippen MR) is 147 cm³/mol. The van der Waals surface area contributed by atoms with E-state index in [0.29, 0.717) is 31.6 Å². The third-order valence-electron chi connectivity index (χ3n) is 8.03. The summed E-state index contributed by atoms with van der Waals surface area (Å²) >= 11 is 0. The summed E-state index contributed by atoms with van der Waals surface area (Å²) in [5.74, 6) is -1.23. The molecular formula is C31H32F2N4O2. The quantitative estimate of drug-likeness (QED) is 0.285. The first kappa shape index (κ1) is 25.6. The summed E-state index contributed by atoms with van der Waals surface area (Å²) in [5.41, 5.74) is 4.60. The molecule has 1 saturated heterocycles. The van der Waals surface area contributed by atoms with E-state index in [2.05, 4.69) is 4.98 Å². The molecule has 2 aromatic carbocycles. The van der Waals surface area contributed by atoms with Gasteiger partial charge in [-0.1, -0.05) is 18.2 Å². The Morgan fingerprint density at radius 2 is 1.74 bits per heavy atom. The van der Waals surface area contributed by atoms with Crippen molar-refractivity contribution in [2.45, 2.75) is 45.3 Å². The number of halogens is 2. The van der Waals surface area contributed by atoms with Gasteiger partial charge in [-0.25, -0.2) is 13.8 Å². The van der Waals surface area contributed by atoms with Crippen molar-refractivity contribution < 1.29 is 18.6 Å². The van der Waals surface area contributed by atoms with Crippen LogP contribution in [0.25, 0.3) is 33.2 Å². The third kappa shape index (κ3) is 4.32. The highest BCUT2D eigenvalue weighted by Gasteiger charge is 2.34. The average molecular weight is 531 g/mol. The first-order chi connectivity index (χ1) is 18.6. The SMILES string of the molecule is Cc1ncn(C)c1-c1cnc2c3ccc(C(C)(C)O)cc3n(C(c3c(F)cccc3F)C3CCOCC3)c2c1. The molecule has 3 aromatic heterocycles. The van der Waals surface area contributed by atoms with E-state index in [-0.39, 0.29) is 11.5 Å². The normalized spacial score (nSPS) is 15.9. The van der Waals surface area contributed by atoms with Crippen molar-refractivity contribution in [3.8, 4) is 11.3 Å². The molecule has 5 aromatic rings. The van der Waals surface area contributed by atoms with Gasteiger partial charge in [0.15, 0.2) is 0 Å². The van der Waals surface area contributed by atoms with Crippen molar-refractivity contribution in [3.05, 3.63) is 83.4 Å². The van der Waals surface area contributed by atoms with Crippen LogP contribution in [-0.4, -0.2) is 37.4 Å². The summed E-state index contributed by atoms with van der Waals surface area (Å²) in [6.45, 7) is 6.47. The molecule has 202 valence electrons. The molecule has 6 rings (SSSR count). The molecule has 0 amide bonds. The Hall–Kier alpha value is -3.62. The van der Waals surface area contributed by atoms with E-state index in [0.717, 1.165) is 38.9 Å². The van der Waals surface area contributed by atoms with Crippen LogP contribution in [0.3, 0.4) is 0 Å². The number of fused-ring (bicyclic) bond motifs is 3. The molecule has 1 N–H and O–H groups in total. The van der Waals surface area contributed by atoms with Gasteiger partial charge in [0, 0.05) is 43.0 Å². The molecule has 1 aliphatic rings. The van der Waals surface area contributed by atoms with E-state index < -0.39 is 23.3 Å². The number of rotatable bonds is 5. The molecule has 0 saturated carbocycles. The first-order valence-corrected chi connectivity index (χ1v) is 13.3. The molecule has 0 spiro atoms. The second-order valence-electron chi connectivity index (χ2n) is 11.1. The van der Waals surface area contributed by atoms with Gasteiger partial charge in [-0.15, -0.1) is 0 Å². The van der Waals surface area contributed by atoms with Crippen LogP contribution in [0, 0.1) is 24.5 Å². The number of hydrogen-bond acceptors (Lipinski definition) is 4. The average Bonchev–Trinajstić information content (AvgIpc) is 3.41. The minimum atomic E-state index is -1.10. The van der Waals surface area contributed by atoms with Gasteiger partial charge in [0.1, 0.15) is 11.6 Å². The molecule has 6 nitrogen and oxygen atoms in total. The second kappa shape index (κ2) is 9.54. The van der Waals surface area contributed by atoms with Crippen molar-refractivity contribution in [2.75, 3.05) is 13.2 Å². The van der Waals surface area contributed by atoms with Crippen LogP contribution >= 0.6 is 0 Å². The van der Waals surface area contributed by atoms with Gasteiger partial charge in [0.2, 0.25) is 0 Å². The zero-order chi connectivity index (χ0) is 27.5. The van der Waals surface area contributed by atoms with Gasteiger partial charge in [-0.05, 0) is 69.4 Å². The highest BCUT2D eigenvalue weighted by Crippen LogP contribution is 2.43. The fourth-order valence-corrected chi connectivity index (χ4v) is 6.08. The molecule has 1 fully saturated rings. The topological polar surface area (TPSA) is 65.1 Å². The predicted octanol–water partition coefficient (Wildman–Crippen LogP) is 6.42. The second-order valence-corrected chi connectivity index (χ2v) is 11.1. The number of nitrogens with zero attached hydrogens (tertiary/aromatic N) is 4. The first-order valence-electron chi connectivity index (χ1n) is 13.3. The maximum Gasteiger partial charge on any atom is 0.131 e. The van der Waals surface area contributed by atoms with Crippen LogP contribution in [-0.2, 0) is 17.4 Å². The summed E-state index contributed by atoms with van der Waals surface area (Å²) in [5, 5.41) is 11.7. The van der Waals surface area contributed by atoms with E-state index in [1.54, 1.807) is 20.2 Å². The van der Waals surface area contributed by atoms with Gasteiger partial charge in [-0.3, -0.25) is 4.98 Å². The largest absolute Gasteiger partial charge is 0.386 e. The fourth-order valence-electron chi connectivity index (χ4n) is 6.08. The smallest absolute Gasteiger partial charge is 0.131 e. The molecule has 39 heavy (non-hydrogen) atoms. The Morgan fingerprint density at radius 1 is 1.03 bits per heavy atom. The maximum atomic E-state index is 15.6. The number of ether oxygens (including phenoxy) is 1. The Bertz CT molecular complexity index is 1650. The number of hydrogen-bond donors (Lipinski definition) is 1. The molecule has 1 unspecified atom stereocenters. The summed E-state index contributed by atoms with van der Waals surface area (Å²) < 4.78 is 40.8. The van der Waals surface area contributed by atoms with E-state index in [1.165, 1.54) is 18.2 Å². The van der Waals surface area contributed by atoms with Crippen molar-refractivity contribution in [3.63, 3.8) is 0 Å². The summed E-state index contributed by atoms with van der Waals surface area (Å²) in [4.78, 5) is 9.33. The summed E-state index contributed by atoms with van der Waals surface area (Å²) in [6.07, 6.45) is 4.92. The van der Waals surface area contributed by atoms with E-state index in [9.17, 15) is 5.11 Å². The molecule has 1 atom stereocenters. The summed E-state index contributed by atoms with van der Waals surface area (Å²) in [6, 6.07) is 11.2. The van der Waals surface area contributed by atoms with Gasteiger partial charge >= 0.3 is 0 Å². The number of benzene rings is 2. The number of aryl methyl sites for hydroxylation is 2. The Morgan fingerprint density at radius 3 is 2.38 bits per heavy atom. The number of aliphatic hydroxyl groups is 1. The molecule has 8 heteroatoms. The minimum absolute atomic E-state index is 0.0407. The molecular weight excluding hydrogens is 498 g/mol. The molecule has 0 aliphatic carbocycles. The van der Waals surface area contributed by atoms with Gasteiger partial charge < -0.3 is 19.0 Å². The number of pyridine rings is 1. The monoisotopic (exact) mass is 530 g/mol. The van der Waals surface area contributed by atoms with Crippen LogP contribution in [0.4, 0.5) is 8.78 Å². The lowest BCUT2D eigenvalue weighted by atomic mass is 9.86. The lowest BCUT2D eigenvalue weighted by Crippen LogP contribution is -2.28. The zero-order valence-electron chi connectivity index (χ0n) is 22.6. The highest BCUT2D eigenvalue weighted by molar-refractivity contribution is 6.07. The van der Waals surface area contributed by atoms with Crippen molar-refractivity contribution in [1.29, 1.82) is 0 Å². The van der Waals surface area contributed by atoms with Crippen molar-refractivity contribution in [2.24, 2.45) is 13.0 Å². The molecule has 0 bridgehead atoms. The van der Waals surface area contributed by atoms with Crippen LogP contribution in [0.2, 0.25) is 0 Å². The van der Waals surface area contributed by atoms with E-state index >= 15 is 8.78 Å². The van der Waals surface area contributed by atoms with Gasteiger partial charge in [0.05, 0.1) is 45.9 Å². The third-order valence-corrected chi connectivity index (χ3v) is 8.03. The van der Waals surface area contributed by atoms with Crippen LogP contribution in [0.5, 0.6) is 0 Å². The van der Waals surface area contributed by atoms with E-state index in [1.807, 2.05) is 53.6 Å². The molecule has 1 aliphatic heterocycles. The van der Waals surface area contributed by atoms with Crippen LogP contribution in [0.15, 0.2) is 55.0 Å². The number of imidazole rings is 1. The lowest BCUT2D eigenvalue weighted by Gasteiger charge is -2.33. The van der Waals surface area contributed by atoms with E-state index in [4.69, 9.17) is 9.72 Å². The lowest BCUT2D eigenvalue weighted by molar-refractivity contribution is 0.0543. The fraction of sp³-hybridized carbons (Fsp3) is 0.355. The Labute approximate surface area is 225 Å². The Balaban J connectivity index is 1.73. The van der Waals surface area contributed by atoms with Crippen molar-refractivity contribution >= 4 is 21.9 Å². The number of aromatic nitrogens is 4. The zero-order valence-corrected chi connectivity index (χ0v) is 22.6. The summed E-state index contributed by atoms with van der Waals surface area (Å²) in [7, 11) is 1.93. The van der Waals surface area contributed by atoms with Crippen LogP contribution in [0.1, 0.15) is 49.6 Å². The van der Waals surface area contributed by atoms with Crippen LogP contribution < -0.4 is 0 Å². The molecule has 4 heterocycles. The van der Waals surface area contributed by atoms with Crippen molar-refractivity contribution in [1.82, 2.24) is 19.1 Å². The van der Waals surface area contributed by atoms with Gasteiger partial charge in [0.25, 0.3) is 0 Å².